The Morgan fingerprint density at radius 3 is 2.28 bits per heavy atom. The summed E-state index contributed by atoms with van der Waals surface area (Å²) < 4.78 is 0. The van der Waals surface area contributed by atoms with Gasteiger partial charge in [-0.05, 0) is 32.0 Å². The van der Waals surface area contributed by atoms with Crippen LogP contribution in [0.1, 0.15) is 32.1 Å². The van der Waals surface area contributed by atoms with Crippen LogP contribution in [0.3, 0.4) is 0 Å². The number of carbonyl (C=O) groups is 3. The van der Waals surface area contributed by atoms with Crippen LogP contribution in [0, 0.1) is 11.8 Å². The summed E-state index contributed by atoms with van der Waals surface area (Å²) in [4.78, 5) is 43.6. The van der Waals surface area contributed by atoms with Gasteiger partial charge in [-0.25, -0.2) is 0 Å². The first-order valence-corrected chi connectivity index (χ1v) is 10.7. The van der Waals surface area contributed by atoms with Crippen LogP contribution >= 0.6 is 0 Å². The molecule has 2 aliphatic heterocycles. The van der Waals surface area contributed by atoms with Crippen molar-refractivity contribution < 1.29 is 14.4 Å². The van der Waals surface area contributed by atoms with Crippen molar-refractivity contribution in [1.82, 2.24) is 9.80 Å². The van der Waals surface area contributed by atoms with Crippen LogP contribution in [0.15, 0.2) is 24.3 Å². The number of carbonyl (C=O) groups excluding carboxylic acids is 3. The standard InChI is InChI=1S/C22H30N4O3/c1-24-12-14-25(15-13-24)19-9-5-4-8-18(19)23-20(27)10-11-26-21(28)16-6-2-3-7-17(16)22(26)29/h4-5,8-9,16-17H,2-3,6-7,10-15H2,1H3,(H,23,27)/t16-,17+. The van der Waals surface area contributed by atoms with Gasteiger partial charge < -0.3 is 15.1 Å². The van der Waals surface area contributed by atoms with Crippen molar-refractivity contribution in [2.75, 3.05) is 50.0 Å². The number of hydrogen-bond acceptors (Lipinski definition) is 5. The van der Waals surface area contributed by atoms with Crippen molar-refractivity contribution >= 4 is 29.1 Å². The molecule has 1 saturated carbocycles. The number of piperazine rings is 1. The molecular formula is C22H30N4O3. The monoisotopic (exact) mass is 398 g/mol. The number of fused-ring (bicyclic) bond motifs is 1. The molecule has 1 aliphatic carbocycles. The van der Waals surface area contributed by atoms with Gasteiger partial charge in [0.1, 0.15) is 0 Å². The number of anilines is 2. The molecule has 156 valence electrons. The molecule has 0 bridgehead atoms. The van der Waals surface area contributed by atoms with Gasteiger partial charge in [-0.15, -0.1) is 0 Å². The Balaban J connectivity index is 1.36. The van der Waals surface area contributed by atoms with Gasteiger partial charge in [0.15, 0.2) is 0 Å². The van der Waals surface area contributed by atoms with E-state index in [2.05, 4.69) is 22.2 Å². The van der Waals surface area contributed by atoms with Crippen molar-refractivity contribution in [3.8, 4) is 0 Å². The van der Waals surface area contributed by atoms with Crippen LogP contribution in [-0.4, -0.2) is 67.3 Å². The zero-order valence-corrected chi connectivity index (χ0v) is 17.1. The SMILES string of the molecule is CN1CCN(c2ccccc2NC(=O)CCN2C(=O)[C@H]3CCCC[C@H]3C2=O)CC1. The fourth-order valence-corrected chi connectivity index (χ4v) is 4.78. The molecule has 7 heteroatoms. The molecule has 0 spiro atoms. The molecule has 2 atom stereocenters. The Kier molecular flexibility index (Phi) is 5.85. The number of imide groups is 1. The van der Waals surface area contributed by atoms with E-state index in [-0.39, 0.29) is 42.5 Å². The van der Waals surface area contributed by atoms with Gasteiger partial charge in [0.25, 0.3) is 0 Å². The molecule has 1 aromatic rings. The van der Waals surface area contributed by atoms with Crippen molar-refractivity contribution in [1.29, 1.82) is 0 Å². The van der Waals surface area contributed by atoms with Crippen molar-refractivity contribution in [3.63, 3.8) is 0 Å². The highest BCUT2D eigenvalue weighted by Crippen LogP contribution is 2.38. The number of amides is 3. The molecule has 7 nitrogen and oxygen atoms in total. The van der Waals surface area contributed by atoms with Gasteiger partial charge in [-0.3, -0.25) is 19.3 Å². The van der Waals surface area contributed by atoms with E-state index >= 15 is 0 Å². The summed E-state index contributed by atoms with van der Waals surface area (Å²) in [5.41, 5.74) is 1.81. The highest BCUT2D eigenvalue weighted by atomic mass is 16.2. The number of hydrogen-bond donors (Lipinski definition) is 1. The third kappa shape index (κ3) is 4.15. The number of likely N-dealkylation sites (tertiary alicyclic amines) is 1. The average molecular weight is 399 g/mol. The normalized spacial score (nSPS) is 25.3. The molecule has 3 fully saturated rings. The molecule has 3 amide bonds. The third-order valence-electron chi connectivity index (χ3n) is 6.52. The summed E-state index contributed by atoms with van der Waals surface area (Å²) in [7, 11) is 2.11. The Bertz CT molecular complexity index is 764. The van der Waals surface area contributed by atoms with Gasteiger partial charge in [-0.2, -0.15) is 0 Å². The molecule has 0 unspecified atom stereocenters. The summed E-state index contributed by atoms with van der Waals surface area (Å²) in [5, 5.41) is 2.99. The summed E-state index contributed by atoms with van der Waals surface area (Å²) in [6, 6.07) is 7.82. The van der Waals surface area contributed by atoms with E-state index in [0.29, 0.717) is 0 Å². The van der Waals surface area contributed by atoms with E-state index in [0.717, 1.165) is 63.2 Å². The Labute approximate surface area is 172 Å². The molecule has 2 heterocycles. The number of para-hydroxylation sites is 2. The second-order valence-electron chi connectivity index (χ2n) is 8.43. The lowest BCUT2D eigenvalue weighted by Gasteiger charge is -2.35. The maximum absolute atomic E-state index is 12.6. The second kappa shape index (κ2) is 8.53. The molecule has 29 heavy (non-hydrogen) atoms. The molecule has 2 saturated heterocycles. The molecule has 1 N–H and O–H groups in total. The van der Waals surface area contributed by atoms with Gasteiger partial charge in [0.2, 0.25) is 17.7 Å². The van der Waals surface area contributed by atoms with Crippen LogP contribution in [0.25, 0.3) is 0 Å². The van der Waals surface area contributed by atoms with E-state index in [1.54, 1.807) is 0 Å². The Morgan fingerprint density at radius 2 is 1.62 bits per heavy atom. The number of benzene rings is 1. The fourth-order valence-electron chi connectivity index (χ4n) is 4.78. The third-order valence-corrected chi connectivity index (χ3v) is 6.52. The topological polar surface area (TPSA) is 73.0 Å². The molecular weight excluding hydrogens is 368 g/mol. The van der Waals surface area contributed by atoms with Crippen molar-refractivity contribution in [2.24, 2.45) is 11.8 Å². The molecule has 3 aliphatic rings. The van der Waals surface area contributed by atoms with E-state index in [4.69, 9.17) is 0 Å². The van der Waals surface area contributed by atoms with E-state index in [1.807, 2.05) is 24.3 Å². The van der Waals surface area contributed by atoms with Crippen LogP contribution in [0.2, 0.25) is 0 Å². The second-order valence-corrected chi connectivity index (χ2v) is 8.43. The smallest absolute Gasteiger partial charge is 0.233 e. The van der Waals surface area contributed by atoms with E-state index in [1.165, 1.54) is 4.90 Å². The minimum atomic E-state index is -0.165. The van der Waals surface area contributed by atoms with E-state index < -0.39 is 0 Å². The largest absolute Gasteiger partial charge is 0.367 e. The number of nitrogens with zero attached hydrogens (tertiary/aromatic N) is 3. The molecule has 0 aromatic heterocycles. The van der Waals surface area contributed by atoms with Crippen LogP contribution in [0.4, 0.5) is 11.4 Å². The Morgan fingerprint density at radius 1 is 1.00 bits per heavy atom. The minimum absolute atomic E-state index is 0.0784. The van der Waals surface area contributed by atoms with Crippen LogP contribution in [0.5, 0.6) is 0 Å². The highest BCUT2D eigenvalue weighted by Gasteiger charge is 2.47. The lowest BCUT2D eigenvalue weighted by molar-refractivity contribution is -0.140. The lowest BCUT2D eigenvalue weighted by atomic mass is 9.81. The predicted molar refractivity (Wildman–Crippen MR) is 112 cm³/mol. The number of rotatable bonds is 5. The summed E-state index contributed by atoms with van der Waals surface area (Å²) >= 11 is 0. The van der Waals surface area contributed by atoms with E-state index in [9.17, 15) is 14.4 Å². The average Bonchev–Trinajstić information content (AvgIpc) is 2.98. The first kappa shape index (κ1) is 19.9. The highest BCUT2D eigenvalue weighted by molar-refractivity contribution is 6.05. The van der Waals surface area contributed by atoms with Gasteiger partial charge in [0.05, 0.1) is 23.2 Å². The van der Waals surface area contributed by atoms with Gasteiger partial charge in [-0.1, -0.05) is 25.0 Å². The molecule has 0 radical (unpaired) electrons. The van der Waals surface area contributed by atoms with Gasteiger partial charge >= 0.3 is 0 Å². The Hall–Kier alpha value is -2.41. The fraction of sp³-hybridized carbons (Fsp3) is 0.591. The molecule has 1 aromatic carbocycles. The van der Waals surface area contributed by atoms with Gasteiger partial charge in [0, 0.05) is 39.1 Å². The van der Waals surface area contributed by atoms with Crippen molar-refractivity contribution in [2.45, 2.75) is 32.1 Å². The summed E-state index contributed by atoms with van der Waals surface area (Å²) in [5.74, 6) is -0.632. The van der Waals surface area contributed by atoms with Crippen molar-refractivity contribution in [3.05, 3.63) is 24.3 Å². The zero-order valence-electron chi connectivity index (χ0n) is 17.1. The summed E-state index contributed by atoms with van der Waals surface area (Å²) in [6.45, 7) is 3.99. The van der Waals surface area contributed by atoms with Crippen LogP contribution < -0.4 is 10.2 Å². The zero-order chi connectivity index (χ0) is 20.4. The maximum atomic E-state index is 12.6. The quantitative estimate of drug-likeness (QED) is 0.768. The minimum Gasteiger partial charge on any atom is -0.367 e. The maximum Gasteiger partial charge on any atom is 0.233 e. The summed E-state index contributed by atoms with van der Waals surface area (Å²) in [6.07, 6.45) is 3.76. The predicted octanol–water partition coefficient (Wildman–Crippen LogP) is 1.94. The lowest BCUT2D eigenvalue weighted by Crippen LogP contribution is -2.44. The number of nitrogens with one attached hydrogen (secondary N) is 1. The first-order chi connectivity index (χ1) is 14.0. The first-order valence-electron chi connectivity index (χ1n) is 10.7. The molecule has 4 rings (SSSR count). The number of likely N-dealkylation sites (N-methyl/N-ethyl adjacent to an activating group) is 1. The van der Waals surface area contributed by atoms with Crippen LogP contribution in [-0.2, 0) is 14.4 Å².